The fourth-order valence-corrected chi connectivity index (χ4v) is 3.46. The number of esters is 1. The normalized spacial score (nSPS) is 15.8. The molecule has 6 nitrogen and oxygen atoms in total. The number of hydrogen-bond acceptors (Lipinski definition) is 5. The molecule has 148 valence electrons. The molecule has 1 aliphatic rings. The molecule has 0 radical (unpaired) electrons. The molecule has 1 unspecified atom stereocenters. The number of amides is 1. The van der Waals surface area contributed by atoms with Gasteiger partial charge in [-0.15, -0.1) is 0 Å². The first-order valence-corrected chi connectivity index (χ1v) is 9.87. The summed E-state index contributed by atoms with van der Waals surface area (Å²) < 4.78 is 5.74. The number of nitrogens with zero attached hydrogens (tertiary/aromatic N) is 3. The molecule has 4 rings (SSSR count). The lowest BCUT2D eigenvalue weighted by molar-refractivity contribution is -0.149. The summed E-state index contributed by atoms with van der Waals surface area (Å²) in [5.74, 6) is 0.126. The summed E-state index contributed by atoms with van der Waals surface area (Å²) in [5.41, 5.74) is 1.56. The third-order valence-electron chi connectivity index (χ3n) is 4.83. The van der Waals surface area contributed by atoms with Gasteiger partial charge >= 0.3 is 5.97 Å². The van der Waals surface area contributed by atoms with Crippen molar-refractivity contribution in [1.29, 1.82) is 0 Å². The first kappa shape index (κ1) is 19.3. The van der Waals surface area contributed by atoms with E-state index < -0.39 is 6.23 Å². The van der Waals surface area contributed by atoms with Crippen molar-refractivity contribution in [1.82, 2.24) is 9.97 Å². The van der Waals surface area contributed by atoms with Gasteiger partial charge < -0.3 is 4.74 Å². The van der Waals surface area contributed by atoms with Crippen LogP contribution in [-0.4, -0.2) is 21.8 Å². The highest BCUT2D eigenvalue weighted by Gasteiger charge is 2.40. The van der Waals surface area contributed by atoms with E-state index in [0.717, 1.165) is 11.8 Å². The number of fused-ring (bicyclic) bond motifs is 2. The summed E-state index contributed by atoms with van der Waals surface area (Å²) in [5, 5.41) is 1.11. The van der Waals surface area contributed by atoms with Gasteiger partial charge in [0.2, 0.25) is 6.23 Å². The van der Waals surface area contributed by atoms with E-state index in [1.165, 1.54) is 4.90 Å². The monoisotopic (exact) mass is 409 g/mol. The van der Waals surface area contributed by atoms with E-state index >= 15 is 0 Å². The predicted molar refractivity (Wildman–Crippen MR) is 111 cm³/mol. The van der Waals surface area contributed by atoms with Crippen molar-refractivity contribution in [2.24, 2.45) is 5.92 Å². The van der Waals surface area contributed by atoms with Crippen molar-refractivity contribution < 1.29 is 14.3 Å². The largest absolute Gasteiger partial charge is 0.437 e. The van der Waals surface area contributed by atoms with Gasteiger partial charge in [-0.1, -0.05) is 43.6 Å². The van der Waals surface area contributed by atoms with E-state index in [9.17, 15) is 9.59 Å². The van der Waals surface area contributed by atoms with Crippen molar-refractivity contribution in [3.05, 3.63) is 64.8 Å². The molecule has 3 heterocycles. The minimum Gasteiger partial charge on any atom is -0.437 e. The maximum absolute atomic E-state index is 13.1. The average Bonchev–Trinajstić information content (AvgIpc) is 2.98. The molecule has 29 heavy (non-hydrogen) atoms. The van der Waals surface area contributed by atoms with Gasteiger partial charge in [0.05, 0.1) is 0 Å². The van der Waals surface area contributed by atoms with E-state index in [0.29, 0.717) is 40.1 Å². The lowest BCUT2D eigenvalue weighted by Crippen LogP contribution is -2.31. The van der Waals surface area contributed by atoms with Crippen LogP contribution in [0.15, 0.2) is 48.5 Å². The fourth-order valence-electron chi connectivity index (χ4n) is 3.31. The van der Waals surface area contributed by atoms with Gasteiger partial charge in [-0.05, 0) is 42.7 Å². The highest BCUT2D eigenvalue weighted by atomic mass is 35.5. The molecular weight excluding hydrogens is 390 g/mol. The quantitative estimate of drug-likeness (QED) is 0.441. The number of carbonyl (C=O) groups is 2. The maximum Gasteiger partial charge on any atom is 0.307 e. The molecule has 3 aromatic rings. The standard InChI is InChI=1S/C22H20ClN3O3/c1-13(2)7-12-19(27)29-22-16-6-4-3-5-15(16)21(28)26(22)18-11-9-14-8-10-17(23)24-20(14)25-18/h3-6,8-11,13,22H,7,12H2,1-2H3. The summed E-state index contributed by atoms with van der Waals surface area (Å²) >= 11 is 5.99. The Bertz CT molecular complexity index is 1100. The second-order valence-electron chi connectivity index (χ2n) is 7.39. The molecule has 0 saturated heterocycles. The predicted octanol–water partition coefficient (Wildman–Crippen LogP) is 4.92. The van der Waals surface area contributed by atoms with Crippen molar-refractivity contribution in [2.45, 2.75) is 32.9 Å². The van der Waals surface area contributed by atoms with Crippen LogP contribution in [0.3, 0.4) is 0 Å². The number of anilines is 1. The number of aromatic nitrogens is 2. The SMILES string of the molecule is CC(C)CCC(=O)OC1c2ccccc2C(=O)N1c1ccc2ccc(Cl)nc2n1. The zero-order valence-electron chi connectivity index (χ0n) is 16.1. The lowest BCUT2D eigenvalue weighted by atomic mass is 10.1. The Morgan fingerprint density at radius 2 is 1.90 bits per heavy atom. The first-order chi connectivity index (χ1) is 13.9. The van der Waals surface area contributed by atoms with Crippen LogP contribution < -0.4 is 4.90 Å². The first-order valence-electron chi connectivity index (χ1n) is 9.49. The molecule has 0 bridgehead atoms. The lowest BCUT2D eigenvalue weighted by Gasteiger charge is -2.24. The third-order valence-corrected chi connectivity index (χ3v) is 5.04. The van der Waals surface area contributed by atoms with Gasteiger partial charge in [0.15, 0.2) is 5.65 Å². The molecule has 1 aliphatic heterocycles. The van der Waals surface area contributed by atoms with E-state index in [1.54, 1.807) is 30.3 Å². The van der Waals surface area contributed by atoms with Gasteiger partial charge in [0.1, 0.15) is 11.0 Å². The number of rotatable bonds is 5. The summed E-state index contributed by atoms with van der Waals surface area (Å²) in [6, 6.07) is 14.2. The van der Waals surface area contributed by atoms with Crippen LogP contribution in [-0.2, 0) is 9.53 Å². The third kappa shape index (κ3) is 3.80. The Morgan fingerprint density at radius 3 is 2.69 bits per heavy atom. The van der Waals surface area contributed by atoms with Crippen LogP contribution in [0.5, 0.6) is 0 Å². The topological polar surface area (TPSA) is 72.4 Å². The Kier molecular flexibility index (Phi) is 5.20. The van der Waals surface area contributed by atoms with E-state index in [2.05, 4.69) is 9.97 Å². The van der Waals surface area contributed by atoms with Crippen LogP contribution in [0.2, 0.25) is 5.15 Å². The van der Waals surface area contributed by atoms with Gasteiger partial charge in [0.25, 0.3) is 5.91 Å². The van der Waals surface area contributed by atoms with E-state index in [4.69, 9.17) is 16.3 Å². The molecule has 0 N–H and O–H groups in total. The number of benzene rings is 1. The van der Waals surface area contributed by atoms with Gasteiger partial charge in [-0.25, -0.2) is 9.97 Å². The molecule has 0 saturated carbocycles. The molecule has 1 atom stereocenters. The van der Waals surface area contributed by atoms with Crippen LogP contribution in [0.1, 0.15) is 48.8 Å². The second-order valence-corrected chi connectivity index (χ2v) is 7.77. The Morgan fingerprint density at radius 1 is 1.14 bits per heavy atom. The molecule has 0 aliphatic carbocycles. The minimum atomic E-state index is -0.859. The number of hydrogen-bond donors (Lipinski definition) is 0. The molecule has 0 spiro atoms. The van der Waals surface area contributed by atoms with Crippen LogP contribution in [0, 0.1) is 5.92 Å². The fraction of sp³-hybridized carbons (Fsp3) is 0.273. The zero-order valence-corrected chi connectivity index (χ0v) is 16.9. The van der Waals surface area contributed by atoms with E-state index in [-0.39, 0.29) is 11.9 Å². The van der Waals surface area contributed by atoms with Gasteiger partial charge in [-0.3, -0.25) is 14.5 Å². The Hall–Kier alpha value is -2.99. The van der Waals surface area contributed by atoms with Crippen molar-refractivity contribution in [2.75, 3.05) is 4.90 Å². The number of halogens is 1. The molecule has 1 aromatic carbocycles. The highest BCUT2D eigenvalue weighted by molar-refractivity contribution is 6.29. The number of pyridine rings is 2. The van der Waals surface area contributed by atoms with Crippen molar-refractivity contribution in [3.63, 3.8) is 0 Å². The average molecular weight is 410 g/mol. The molecular formula is C22H20ClN3O3. The summed E-state index contributed by atoms with van der Waals surface area (Å²) in [7, 11) is 0. The smallest absolute Gasteiger partial charge is 0.307 e. The van der Waals surface area contributed by atoms with Gasteiger partial charge in [0, 0.05) is 22.9 Å². The Balaban J connectivity index is 1.72. The van der Waals surface area contributed by atoms with Crippen LogP contribution >= 0.6 is 11.6 Å². The highest BCUT2D eigenvalue weighted by Crippen LogP contribution is 2.38. The maximum atomic E-state index is 13.1. The second kappa shape index (κ2) is 7.79. The molecule has 2 aromatic heterocycles. The summed E-state index contributed by atoms with van der Waals surface area (Å²) in [6.45, 7) is 4.09. The summed E-state index contributed by atoms with van der Waals surface area (Å²) in [4.78, 5) is 35.7. The van der Waals surface area contributed by atoms with E-state index in [1.807, 2.05) is 32.0 Å². The summed E-state index contributed by atoms with van der Waals surface area (Å²) in [6.07, 6.45) is 0.154. The Labute approximate surface area is 173 Å². The minimum absolute atomic E-state index is 0.267. The van der Waals surface area contributed by atoms with Gasteiger partial charge in [-0.2, -0.15) is 0 Å². The number of ether oxygens (including phenoxy) is 1. The molecule has 1 amide bonds. The van der Waals surface area contributed by atoms with Crippen molar-refractivity contribution >= 4 is 40.3 Å². The number of carbonyl (C=O) groups excluding carboxylic acids is 2. The van der Waals surface area contributed by atoms with Crippen LogP contribution in [0.4, 0.5) is 5.82 Å². The zero-order chi connectivity index (χ0) is 20.5. The van der Waals surface area contributed by atoms with Crippen molar-refractivity contribution in [3.8, 4) is 0 Å². The molecule has 7 heteroatoms. The van der Waals surface area contributed by atoms with Crippen LogP contribution in [0.25, 0.3) is 11.0 Å². The molecule has 0 fully saturated rings.